The fourth-order valence-corrected chi connectivity index (χ4v) is 2.94. The third-order valence-electron chi connectivity index (χ3n) is 2.87. The van der Waals surface area contributed by atoms with Crippen molar-refractivity contribution >= 4 is 27.5 Å². The minimum atomic E-state index is -3.85. The molecule has 0 bridgehead atoms. The van der Waals surface area contributed by atoms with Crippen LogP contribution in [0.1, 0.15) is 6.42 Å². The van der Waals surface area contributed by atoms with E-state index in [0.29, 0.717) is 5.69 Å². The number of likely N-dealkylation sites (N-methyl/N-ethyl adjacent to an activating group) is 1. The van der Waals surface area contributed by atoms with E-state index in [1.165, 1.54) is 31.3 Å². The molecular weight excluding hydrogens is 270 g/mol. The molecule has 2 rings (SSSR count). The Hall–Kier alpha value is -1.93. The molecule has 0 aromatic heterocycles. The Morgan fingerprint density at radius 3 is 2.32 bits per heavy atom. The Kier molecular flexibility index (Phi) is 3.29. The van der Waals surface area contributed by atoms with Gasteiger partial charge in [-0.05, 0) is 24.3 Å². The van der Waals surface area contributed by atoms with Crippen molar-refractivity contribution in [2.75, 3.05) is 12.8 Å². The first kappa shape index (κ1) is 13.5. The molecule has 102 valence electrons. The summed E-state index contributed by atoms with van der Waals surface area (Å²) in [6.45, 7) is 0. The molecule has 1 unspecified atom stereocenters. The fourth-order valence-electron chi connectivity index (χ4n) is 1.75. The van der Waals surface area contributed by atoms with Crippen molar-refractivity contribution in [2.45, 2.75) is 17.4 Å². The molecule has 8 heteroatoms. The topological polar surface area (TPSA) is 110 Å². The van der Waals surface area contributed by atoms with Crippen molar-refractivity contribution in [2.24, 2.45) is 0 Å². The number of hydrogen-bond acceptors (Lipinski definition) is 5. The van der Waals surface area contributed by atoms with Crippen LogP contribution >= 0.6 is 0 Å². The number of nitrogen functional groups attached to an aromatic ring is 1. The lowest BCUT2D eigenvalue weighted by Crippen LogP contribution is -2.40. The summed E-state index contributed by atoms with van der Waals surface area (Å²) in [6, 6.07) is 4.52. The number of likely N-dealkylation sites (tertiary alicyclic amines) is 1. The van der Waals surface area contributed by atoms with Crippen LogP contribution in [0.2, 0.25) is 0 Å². The van der Waals surface area contributed by atoms with Gasteiger partial charge < -0.3 is 5.73 Å². The van der Waals surface area contributed by atoms with Crippen molar-refractivity contribution in [3.8, 4) is 0 Å². The molecule has 2 amide bonds. The van der Waals surface area contributed by atoms with Gasteiger partial charge in [-0.3, -0.25) is 14.5 Å². The number of anilines is 1. The maximum Gasteiger partial charge on any atom is 0.247 e. The molecule has 1 heterocycles. The number of benzene rings is 1. The van der Waals surface area contributed by atoms with Gasteiger partial charge in [-0.25, -0.2) is 8.42 Å². The maximum absolute atomic E-state index is 12.0. The van der Waals surface area contributed by atoms with Gasteiger partial charge in [-0.2, -0.15) is 4.72 Å². The summed E-state index contributed by atoms with van der Waals surface area (Å²) in [5, 5.41) is 0. The van der Waals surface area contributed by atoms with E-state index >= 15 is 0 Å². The van der Waals surface area contributed by atoms with Crippen LogP contribution in [0.4, 0.5) is 5.69 Å². The molecule has 0 radical (unpaired) electrons. The van der Waals surface area contributed by atoms with Gasteiger partial charge in [0, 0.05) is 12.7 Å². The van der Waals surface area contributed by atoms with E-state index < -0.39 is 27.9 Å². The number of carbonyl (C=O) groups excluding carboxylic acids is 2. The number of nitrogens with one attached hydrogen (secondary N) is 1. The van der Waals surface area contributed by atoms with Crippen LogP contribution in [-0.2, 0) is 19.6 Å². The summed E-state index contributed by atoms with van der Waals surface area (Å²) < 4.78 is 26.3. The van der Waals surface area contributed by atoms with Crippen LogP contribution in [-0.4, -0.2) is 38.2 Å². The quantitative estimate of drug-likeness (QED) is 0.563. The Bertz CT molecular complexity index is 624. The summed E-state index contributed by atoms with van der Waals surface area (Å²) in [4.78, 5) is 23.9. The van der Waals surface area contributed by atoms with Gasteiger partial charge in [-0.15, -0.1) is 0 Å². The van der Waals surface area contributed by atoms with Crippen LogP contribution in [0.15, 0.2) is 29.2 Å². The van der Waals surface area contributed by atoms with E-state index in [9.17, 15) is 18.0 Å². The standard InChI is InChI=1S/C11H13N3O4S/c1-14-10(15)6-9(11(14)16)13-19(17,18)8-4-2-7(12)3-5-8/h2-5,9,13H,6,12H2,1H3. The molecule has 3 N–H and O–H groups in total. The van der Waals surface area contributed by atoms with E-state index in [2.05, 4.69) is 4.72 Å². The lowest BCUT2D eigenvalue weighted by Gasteiger charge is -2.11. The fraction of sp³-hybridized carbons (Fsp3) is 0.273. The zero-order chi connectivity index (χ0) is 14.2. The van der Waals surface area contributed by atoms with Gasteiger partial charge in [0.2, 0.25) is 21.8 Å². The van der Waals surface area contributed by atoms with E-state index in [4.69, 9.17) is 5.73 Å². The summed E-state index contributed by atoms with van der Waals surface area (Å²) in [5.74, 6) is -0.959. The molecule has 0 saturated carbocycles. The second-order valence-electron chi connectivity index (χ2n) is 4.24. The number of nitrogens with two attached hydrogens (primary N) is 1. The van der Waals surface area contributed by atoms with Gasteiger partial charge in [0.25, 0.3) is 0 Å². The van der Waals surface area contributed by atoms with E-state index in [1.807, 2.05) is 0 Å². The SMILES string of the molecule is CN1C(=O)CC(NS(=O)(=O)c2ccc(N)cc2)C1=O. The molecule has 1 aromatic carbocycles. The third kappa shape index (κ3) is 2.59. The Morgan fingerprint density at radius 2 is 1.84 bits per heavy atom. The lowest BCUT2D eigenvalue weighted by molar-refractivity contribution is -0.137. The van der Waals surface area contributed by atoms with Crippen LogP contribution < -0.4 is 10.5 Å². The van der Waals surface area contributed by atoms with Gasteiger partial charge in [0.05, 0.1) is 11.3 Å². The van der Waals surface area contributed by atoms with Crippen molar-refractivity contribution < 1.29 is 18.0 Å². The number of imide groups is 1. The number of rotatable bonds is 3. The molecule has 1 atom stereocenters. The Labute approximate surface area is 110 Å². The average Bonchev–Trinajstić information content (AvgIpc) is 2.57. The minimum Gasteiger partial charge on any atom is -0.399 e. The third-order valence-corrected chi connectivity index (χ3v) is 4.36. The second-order valence-corrected chi connectivity index (χ2v) is 5.95. The molecule has 1 saturated heterocycles. The van der Waals surface area contributed by atoms with Crippen molar-refractivity contribution in [1.82, 2.24) is 9.62 Å². The first-order chi connectivity index (χ1) is 8.81. The highest BCUT2D eigenvalue weighted by molar-refractivity contribution is 7.89. The molecule has 19 heavy (non-hydrogen) atoms. The van der Waals surface area contributed by atoms with Gasteiger partial charge >= 0.3 is 0 Å². The Balaban J connectivity index is 2.21. The molecule has 0 spiro atoms. The predicted octanol–water partition coefficient (Wildman–Crippen LogP) is -0.696. The molecule has 1 aromatic rings. The summed E-state index contributed by atoms with van der Waals surface area (Å²) in [6.07, 6.45) is -0.163. The highest BCUT2D eigenvalue weighted by atomic mass is 32.2. The van der Waals surface area contributed by atoms with Gasteiger partial charge in [-0.1, -0.05) is 0 Å². The number of hydrogen-bond donors (Lipinski definition) is 2. The normalized spacial score (nSPS) is 20.1. The zero-order valence-electron chi connectivity index (χ0n) is 10.2. The number of sulfonamides is 1. The molecule has 1 aliphatic rings. The average molecular weight is 283 g/mol. The highest BCUT2D eigenvalue weighted by Crippen LogP contribution is 2.16. The molecular formula is C11H13N3O4S. The Morgan fingerprint density at radius 1 is 1.26 bits per heavy atom. The van der Waals surface area contributed by atoms with Crippen molar-refractivity contribution in [3.63, 3.8) is 0 Å². The van der Waals surface area contributed by atoms with E-state index in [-0.39, 0.29) is 11.3 Å². The molecule has 1 fully saturated rings. The van der Waals surface area contributed by atoms with Crippen LogP contribution in [0.5, 0.6) is 0 Å². The number of carbonyl (C=O) groups is 2. The predicted molar refractivity (Wildman–Crippen MR) is 67.4 cm³/mol. The smallest absolute Gasteiger partial charge is 0.247 e. The molecule has 0 aliphatic carbocycles. The lowest BCUT2D eigenvalue weighted by atomic mass is 10.3. The summed E-state index contributed by atoms with van der Waals surface area (Å²) in [5.41, 5.74) is 5.91. The zero-order valence-corrected chi connectivity index (χ0v) is 11.0. The largest absolute Gasteiger partial charge is 0.399 e. The van der Waals surface area contributed by atoms with E-state index in [1.54, 1.807) is 0 Å². The second kappa shape index (κ2) is 4.63. The highest BCUT2D eigenvalue weighted by Gasteiger charge is 2.38. The van der Waals surface area contributed by atoms with Crippen LogP contribution in [0.3, 0.4) is 0 Å². The number of amides is 2. The van der Waals surface area contributed by atoms with E-state index in [0.717, 1.165) is 4.90 Å². The summed E-state index contributed by atoms with van der Waals surface area (Å²) in [7, 11) is -2.52. The van der Waals surface area contributed by atoms with Gasteiger partial charge in [0.1, 0.15) is 6.04 Å². The monoisotopic (exact) mass is 283 g/mol. The maximum atomic E-state index is 12.0. The van der Waals surface area contributed by atoms with Crippen molar-refractivity contribution in [3.05, 3.63) is 24.3 Å². The van der Waals surface area contributed by atoms with Crippen LogP contribution in [0, 0.1) is 0 Å². The first-order valence-electron chi connectivity index (χ1n) is 5.49. The van der Waals surface area contributed by atoms with Crippen LogP contribution in [0.25, 0.3) is 0 Å². The van der Waals surface area contributed by atoms with Gasteiger partial charge in [0.15, 0.2) is 0 Å². The minimum absolute atomic E-state index is 0.00324. The molecule has 7 nitrogen and oxygen atoms in total. The summed E-state index contributed by atoms with van der Waals surface area (Å²) >= 11 is 0. The molecule has 1 aliphatic heterocycles. The number of nitrogens with zero attached hydrogens (tertiary/aromatic N) is 1. The first-order valence-corrected chi connectivity index (χ1v) is 6.98. The van der Waals surface area contributed by atoms with Crippen molar-refractivity contribution in [1.29, 1.82) is 0 Å².